The SMILES string of the molecule is Cc1ccc(-c2nc(NC(=O)COc3cc(C)c(Cl)c(C)c3)sc2NC(=O)c2ccco2)cc1. The molecule has 4 aromatic rings. The minimum atomic E-state index is -0.406. The zero-order valence-electron chi connectivity index (χ0n) is 18.8. The molecule has 0 aliphatic heterocycles. The van der Waals surface area contributed by atoms with Crippen molar-refractivity contribution in [3.63, 3.8) is 0 Å². The number of nitrogens with one attached hydrogen (secondary N) is 2. The highest BCUT2D eigenvalue weighted by Crippen LogP contribution is 2.36. The number of thiazole rings is 1. The lowest BCUT2D eigenvalue weighted by molar-refractivity contribution is -0.118. The zero-order valence-corrected chi connectivity index (χ0v) is 20.3. The van der Waals surface area contributed by atoms with Gasteiger partial charge >= 0.3 is 0 Å². The van der Waals surface area contributed by atoms with Crippen LogP contribution in [-0.2, 0) is 4.79 Å². The van der Waals surface area contributed by atoms with Crippen LogP contribution in [0, 0.1) is 20.8 Å². The Morgan fingerprint density at radius 3 is 2.41 bits per heavy atom. The number of rotatable bonds is 7. The summed E-state index contributed by atoms with van der Waals surface area (Å²) in [6.07, 6.45) is 1.43. The second kappa shape index (κ2) is 10.1. The first-order valence-corrected chi connectivity index (χ1v) is 11.6. The third-order valence-corrected chi connectivity index (χ3v) is 6.43. The van der Waals surface area contributed by atoms with Crippen molar-refractivity contribution in [1.82, 2.24) is 4.98 Å². The van der Waals surface area contributed by atoms with Gasteiger partial charge in [-0.25, -0.2) is 4.98 Å². The second-order valence-corrected chi connectivity index (χ2v) is 9.08. The van der Waals surface area contributed by atoms with Gasteiger partial charge in [-0.3, -0.25) is 14.9 Å². The Hall–Kier alpha value is -3.62. The third kappa shape index (κ3) is 5.47. The second-order valence-electron chi connectivity index (χ2n) is 7.70. The van der Waals surface area contributed by atoms with E-state index in [9.17, 15) is 9.59 Å². The van der Waals surface area contributed by atoms with E-state index in [0.29, 0.717) is 26.6 Å². The maximum Gasteiger partial charge on any atom is 0.292 e. The Morgan fingerprint density at radius 1 is 1.06 bits per heavy atom. The summed E-state index contributed by atoms with van der Waals surface area (Å²) in [4.78, 5) is 29.6. The predicted octanol–water partition coefficient (Wildman–Crippen LogP) is 6.25. The number of carbonyl (C=O) groups is 2. The van der Waals surface area contributed by atoms with E-state index in [1.54, 1.807) is 24.3 Å². The minimum Gasteiger partial charge on any atom is -0.484 e. The molecule has 7 nitrogen and oxygen atoms in total. The molecule has 2 heterocycles. The van der Waals surface area contributed by atoms with E-state index in [0.717, 1.165) is 33.6 Å². The quantitative estimate of drug-likeness (QED) is 0.316. The average molecular weight is 496 g/mol. The monoisotopic (exact) mass is 495 g/mol. The van der Waals surface area contributed by atoms with Gasteiger partial charge in [-0.2, -0.15) is 0 Å². The van der Waals surface area contributed by atoms with Crippen LogP contribution in [0.1, 0.15) is 27.2 Å². The standard InChI is InChI=1S/C25H22ClN3O4S/c1-14-6-8-17(9-7-14)22-24(29-23(31)19-5-4-10-32-19)34-25(28-22)27-20(30)13-33-18-11-15(2)21(26)16(3)12-18/h4-12H,13H2,1-3H3,(H,29,31)(H,27,28,30). The average Bonchev–Trinajstić information content (AvgIpc) is 3.47. The molecule has 0 radical (unpaired) electrons. The number of benzene rings is 2. The first-order chi connectivity index (χ1) is 16.3. The molecule has 34 heavy (non-hydrogen) atoms. The van der Waals surface area contributed by atoms with Gasteiger partial charge in [0.05, 0.1) is 6.26 Å². The van der Waals surface area contributed by atoms with Gasteiger partial charge in [0.1, 0.15) is 16.4 Å². The number of furan rings is 1. The summed E-state index contributed by atoms with van der Waals surface area (Å²) in [7, 11) is 0. The number of carbonyl (C=O) groups excluding carboxylic acids is 2. The Morgan fingerprint density at radius 2 is 1.76 bits per heavy atom. The number of ether oxygens (including phenoxy) is 1. The van der Waals surface area contributed by atoms with Crippen LogP contribution < -0.4 is 15.4 Å². The van der Waals surface area contributed by atoms with Crippen LogP contribution in [-0.4, -0.2) is 23.4 Å². The van der Waals surface area contributed by atoms with Crippen molar-refractivity contribution in [2.75, 3.05) is 17.2 Å². The predicted molar refractivity (Wildman–Crippen MR) is 134 cm³/mol. The number of amides is 2. The Labute approximate surface area is 205 Å². The van der Waals surface area contributed by atoms with Crippen LogP contribution in [0.3, 0.4) is 0 Å². The molecule has 2 aromatic heterocycles. The molecule has 2 aromatic carbocycles. The number of halogens is 1. The summed E-state index contributed by atoms with van der Waals surface area (Å²) in [5.41, 5.74) is 4.19. The van der Waals surface area contributed by atoms with E-state index in [1.165, 1.54) is 6.26 Å². The molecule has 9 heteroatoms. The van der Waals surface area contributed by atoms with E-state index in [-0.39, 0.29) is 18.3 Å². The molecule has 0 unspecified atom stereocenters. The number of anilines is 2. The van der Waals surface area contributed by atoms with E-state index in [2.05, 4.69) is 15.6 Å². The number of hydrogen-bond acceptors (Lipinski definition) is 6. The summed E-state index contributed by atoms with van der Waals surface area (Å²) < 4.78 is 10.8. The van der Waals surface area contributed by atoms with Gasteiger partial charge in [-0.15, -0.1) is 0 Å². The topological polar surface area (TPSA) is 93.5 Å². The van der Waals surface area contributed by atoms with Gasteiger partial charge in [-0.05, 0) is 56.2 Å². The molecular formula is C25H22ClN3O4S. The summed E-state index contributed by atoms with van der Waals surface area (Å²) >= 11 is 7.34. The summed E-state index contributed by atoms with van der Waals surface area (Å²) in [5.74, 6) is -0.0497. The van der Waals surface area contributed by atoms with Crippen molar-refractivity contribution in [1.29, 1.82) is 0 Å². The van der Waals surface area contributed by atoms with Crippen LogP contribution in [0.15, 0.2) is 59.2 Å². The van der Waals surface area contributed by atoms with Crippen molar-refractivity contribution in [2.45, 2.75) is 20.8 Å². The van der Waals surface area contributed by atoms with Crippen molar-refractivity contribution in [3.05, 3.63) is 82.3 Å². The highest BCUT2D eigenvalue weighted by atomic mass is 35.5. The maximum absolute atomic E-state index is 12.5. The van der Waals surface area contributed by atoms with Crippen molar-refractivity contribution < 1.29 is 18.7 Å². The van der Waals surface area contributed by atoms with Crippen LogP contribution in [0.2, 0.25) is 5.02 Å². The lowest BCUT2D eigenvalue weighted by atomic mass is 10.1. The molecule has 0 saturated heterocycles. The molecule has 0 aliphatic carbocycles. The van der Waals surface area contributed by atoms with Crippen molar-refractivity contribution >= 4 is 44.9 Å². The maximum atomic E-state index is 12.5. The number of aryl methyl sites for hydroxylation is 3. The lowest BCUT2D eigenvalue weighted by Crippen LogP contribution is -2.20. The first kappa shape index (κ1) is 23.5. The number of hydrogen-bond donors (Lipinski definition) is 2. The molecule has 0 aliphatic rings. The molecule has 4 rings (SSSR count). The summed E-state index contributed by atoms with van der Waals surface area (Å²) in [6.45, 7) is 5.54. The molecule has 2 amide bonds. The van der Waals surface area contributed by atoms with Crippen molar-refractivity contribution in [3.8, 4) is 17.0 Å². The number of nitrogens with zero attached hydrogens (tertiary/aromatic N) is 1. The normalized spacial score (nSPS) is 10.7. The Bertz CT molecular complexity index is 1310. The van der Waals surface area contributed by atoms with E-state index >= 15 is 0 Å². The number of aromatic nitrogens is 1. The minimum absolute atomic E-state index is 0.177. The van der Waals surface area contributed by atoms with E-state index < -0.39 is 5.91 Å². The van der Waals surface area contributed by atoms with E-state index in [4.69, 9.17) is 20.8 Å². The molecule has 174 valence electrons. The highest BCUT2D eigenvalue weighted by Gasteiger charge is 2.19. The van der Waals surface area contributed by atoms with Crippen LogP contribution in [0.5, 0.6) is 5.75 Å². The van der Waals surface area contributed by atoms with Crippen molar-refractivity contribution in [2.24, 2.45) is 0 Å². The Kier molecular flexibility index (Phi) is 7.00. The first-order valence-electron chi connectivity index (χ1n) is 10.4. The fraction of sp³-hybridized carbons (Fsp3) is 0.160. The zero-order chi connectivity index (χ0) is 24.2. The van der Waals surface area contributed by atoms with Gasteiger partial charge in [0, 0.05) is 10.6 Å². The molecular weight excluding hydrogens is 474 g/mol. The summed E-state index contributed by atoms with van der Waals surface area (Å²) in [6, 6.07) is 14.5. The van der Waals surface area contributed by atoms with Gasteiger partial charge < -0.3 is 14.5 Å². The van der Waals surface area contributed by atoms with Crippen LogP contribution in [0.25, 0.3) is 11.3 Å². The molecule has 0 fully saturated rings. The van der Waals surface area contributed by atoms with Gasteiger partial charge in [0.15, 0.2) is 17.5 Å². The van der Waals surface area contributed by atoms with E-state index in [1.807, 2.05) is 45.0 Å². The molecule has 2 N–H and O–H groups in total. The molecule has 0 atom stereocenters. The van der Waals surface area contributed by atoms with Crippen LogP contribution >= 0.6 is 22.9 Å². The Balaban J connectivity index is 1.51. The fourth-order valence-electron chi connectivity index (χ4n) is 3.23. The lowest BCUT2D eigenvalue weighted by Gasteiger charge is -2.09. The molecule has 0 bridgehead atoms. The molecule has 0 spiro atoms. The smallest absolute Gasteiger partial charge is 0.292 e. The fourth-order valence-corrected chi connectivity index (χ4v) is 4.24. The summed E-state index contributed by atoms with van der Waals surface area (Å²) in [5, 5.41) is 7.07. The largest absolute Gasteiger partial charge is 0.484 e. The van der Waals surface area contributed by atoms with Gasteiger partial charge in [0.2, 0.25) is 0 Å². The third-order valence-electron chi connectivity index (χ3n) is 4.95. The van der Waals surface area contributed by atoms with Crippen LogP contribution in [0.4, 0.5) is 10.1 Å². The van der Waals surface area contributed by atoms with Gasteiger partial charge in [0.25, 0.3) is 11.8 Å². The molecule has 0 saturated carbocycles. The van der Waals surface area contributed by atoms with Gasteiger partial charge in [-0.1, -0.05) is 52.8 Å². The highest BCUT2D eigenvalue weighted by molar-refractivity contribution is 7.20.